The lowest BCUT2D eigenvalue weighted by atomic mass is 10.1. The van der Waals surface area contributed by atoms with Crippen LogP contribution in [-0.4, -0.2) is 23.9 Å². The lowest BCUT2D eigenvalue weighted by Crippen LogP contribution is -2.33. The maximum atomic E-state index is 13.1. The van der Waals surface area contributed by atoms with Gasteiger partial charge in [0.1, 0.15) is 6.17 Å². The van der Waals surface area contributed by atoms with E-state index in [1.165, 1.54) is 31.8 Å². The number of aliphatic hydroxyl groups excluding tert-OH is 1. The highest BCUT2D eigenvalue weighted by Gasteiger charge is 2.10. The van der Waals surface area contributed by atoms with E-state index in [0.717, 1.165) is 12.8 Å². The van der Waals surface area contributed by atoms with Gasteiger partial charge in [-0.25, -0.2) is 4.39 Å². The summed E-state index contributed by atoms with van der Waals surface area (Å²) in [6.07, 6.45) is 9.08. The molecule has 0 aliphatic rings. The van der Waals surface area contributed by atoms with Gasteiger partial charge in [0, 0.05) is 0 Å². The normalized spacial score (nSPS) is 15.7. The van der Waals surface area contributed by atoms with Gasteiger partial charge in [-0.2, -0.15) is 0 Å². The number of hydrogen-bond acceptors (Lipinski definition) is 2. The summed E-state index contributed by atoms with van der Waals surface area (Å²) in [6, 6.07) is -0.777. The highest BCUT2D eigenvalue weighted by molar-refractivity contribution is 4.93. The van der Waals surface area contributed by atoms with E-state index in [9.17, 15) is 4.39 Å². The Morgan fingerprint density at radius 1 is 1.27 bits per heavy atom. The Hall–Kier alpha value is -0.410. The minimum Gasteiger partial charge on any atom is -0.395 e. The molecule has 3 heteroatoms. The number of unbranched alkanes of at least 4 members (excludes halogenated alkanes) is 5. The number of alkyl halides is 1. The van der Waals surface area contributed by atoms with Crippen LogP contribution in [0.5, 0.6) is 0 Å². The summed E-state index contributed by atoms with van der Waals surface area (Å²) in [7, 11) is 0. The largest absolute Gasteiger partial charge is 0.395 e. The standard InChI is InChI=1S/C12H24FNO/c1-2-3-4-5-6-7-8-9-11(13)12(14)10-15/h8-9,11-12,15H,2-7,10,14H2,1H3/b9-8+/t11-,12+/m1/s1. The molecule has 0 amide bonds. The van der Waals surface area contributed by atoms with E-state index in [0.29, 0.717) is 0 Å². The van der Waals surface area contributed by atoms with E-state index in [1.807, 2.05) is 6.08 Å². The Bertz CT molecular complexity index is 162. The summed E-state index contributed by atoms with van der Waals surface area (Å²) < 4.78 is 13.1. The van der Waals surface area contributed by atoms with Gasteiger partial charge in [-0.3, -0.25) is 0 Å². The zero-order valence-corrected chi connectivity index (χ0v) is 9.66. The van der Waals surface area contributed by atoms with Crippen LogP contribution in [-0.2, 0) is 0 Å². The van der Waals surface area contributed by atoms with Crippen molar-refractivity contribution >= 4 is 0 Å². The Labute approximate surface area is 92.4 Å². The van der Waals surface area contributed by atoms with Crippen molar-refractivity contribution in [2.45, 2.75) is 57.7 Å². The molecule has 0 aromatic rings. The Morgan fingerprint density at radius 2 is 1.93 bits per heavy atom. The number of aliphatic hydroxyl groups is 1. The fourth-order valence-electron chi connectivity index (χ4n) is 1.34. The number of halogens is 1. The first-order valence-electron chi connectivity index (χ1n) is 5.89. The van der Waals surface area contributed by atoms with Gasteiger partial charge in [-0.05, 0) is 12.8 Å². The SMILES string of the molecule is CCCCCCC/C=C/[C@@H](F)[C@@H](N)CO. The predicted octanol–water partition coefficient (Wildman–Crippen LogP) is 2.56. The minimum atomic E-state index is -1.22. The van der Waals surface area contributed by atoms with Crippen LogP contribution in [0.25, 0.3) is 0 Å². The molecular formula is C12H24FNO. The average molecular weight is 217 g/mol. The van der Waals surface area contributed by atoms with E-state index >= 15 is 0 Å². The topological polar surface area (TPSA) is 46.2 Å². The molecule has 0 aromatic carbocycles. The number of rotatable bonds is 9. The van der Waals surface area contributed by atoms with Crippen molar-refractivity contribution < 1.29 is 9.50 Å². The predicted molar refractivity (Wildman–Crippen MR) is 62.5 cm³/mol. The van der Waals surface area contributed by atoms with Crippen LogP contribution >= 0.6 is 0 Å². The molecule has 0 unspecified atom stereocenters. The summed E-state index contributed by atoms with van der Waals surface area (Å²) in [5, 5.41) is 8.61. The first-order chi connectivity index (χ1) is 7.22. The summed E-state index contributed by atoms with van der Waals surface area (Å²) in [4.78, 5) is 0. The first-order valence-corrected chi connectivity index (χ1v) is 5.89. The zero-order valence-electron chi connectivity index (χ0n) is 9.66. The van der Waals surface area contributed by atoms with E-state index < -0.39 is 12.2 Å². The molecule has 0 aliphatic heterocycles. The van der Waals surface area contributed by atoms with Crippen LogP contribution in [0.15, 0.2) is 12.2 Å². The molecule has 15 heavy (non-hydrogen) atoms. The number of nitrogens with two attached hydrogens (primary N) is 1. The molecule has 0 spiro atoms. The Morgan fingerprint density at radius 3 is 2.53 bits per heavy atom. The zero-order chi connectivity index (χ0) is 11.5. The van der Waals surface area contributed by atoms with Crippen molar-refractivity contribution in [3.05, 3.63) is 12.2 Å². The van der Waals surface area contributed by atoms with Gasteiger partial charge in [-0.1, -0.05) is 44.8 Å². The van der Waals surface area contributed by atoms with Gasteiger partial charge in [0.15, 0.2) is 0 Å². The van der Waals surface area contributed by atoms with E-state index in [1.54, 1.807) is 0 Å². The third-order valence-electron chi connectivity index (χ3n) is 2.41. The lowest BCUT2D eigenvalue weighted by Gasteiger charge is -2.09. The molecule has 0 bridgehead atoms. The minimum absolute atomic E-state index is 0.304. The fraction of sp³-hybridized carbons (Fsp3) is 0.833. The molecule has 2 atom stereocenters. The lowest BCUT2D eigenvalue weighted by molar-refractivity contribution is 0.213. The summed E-state index contributed by atoms with van der Waals surface area (Å²) in [5.74, 6) is 0. The fourth-order valence-corrected chi connectivity index (χ4v) is 1.34. The maximum absolute atomic E-state index is 13.1. The molecule has 0 rings (SSSR count). The summed E-state index contributed by atoms with van der Waals surface area (Å²) in [6.45, 7) is 1.88. The highest BCUT2D eigenvalue weighted by atomic mass is 19.1. The van der Waals surface area contributed by atoms with Crippen molar-refractivity contribution in [2.24, 2.45) is 5.73 Å². The van der Waals surface area contributed by atoms with Crippen LogP contribution in [0.2, 0.25) is 0 Å². The third kappa shape index (κ3) is 8.58. The Kier molecular flexibility index (Phi) is 9.84. The van der Waals surface area contributed by atoms with Crippen LogP contribution in [0.3, 0.4) is 0 Å². The molecule has 0 aliphatic carbocycles. The van der Waals surface area contributed by atoms with Gasteiger partial charge in [0.2, 0.25) is 0 Å². The van der Waals surface area contributed by atoms with Gasteiger partial charge in [-0.15, -0.1) is 0 Å². The molecule has 0 heterocycles. The van der Waals surface area contributed by atoms with Crippen LogP contribution in [0.4, 0.5) is 4.39 Å². The smallest absolute Gasteiger partial charge is 0.135 e. The van der Waals surface area contributed by atoms with Gasteiger partial charge >= 0.3 is 0 Å². The molecule has 0 saturated carbocycles. The second kappa shape index (κ2) is 10.1. The van der Waals surface area contributed by atoms with Gasteiger partial charge in [0.05, 0.1) is 12.6 Å². The van der Waals surface area contributed by atoms with Crippen LogP contribution in [0.1, 0.15) is 45.4 Å². The molecule has 3 N–H and O–H groups in total. The van der Waals surface area contributed by atoms with Crippen molar-refractivity contribution in [3.8, 4) is 0 Å². The van der Waals surface area contributed by atoms with Crippen molar-refractivity contribution in [1.82, 2.24) is 0 Å². The molecule has 90 valence electrons. The number of allylic oxidation sites excluding steroid dienone is 1. The Balaban J connectivity index is 3.37. The second-order valence-electron chi connectivity index (χ2n) is 3.92. The van der Waals surface area contributed by atoms with E-state index in [2.05, 4.69) is 6.92 Å². The van der Waals surface area contributed by atoms with Crippen LogP contribution < -0.4 is 5.73 Å². The summed E-state index contributed by atoms with van der Waals surface area (Å²) in [5.41, 5.74) is 5.32. The van der Waals surface area contributed by atoms with Crippen LogP contribution in [0, 0.1) is 0 Å². The second-order valence-corrected chi connectivity index (χ2v) is 3.92. The quantitative estimate of drug-likeness (QED) is 0.460. The van der Waals surface area contributed by atoms with Gasteiger partial charge < -0.3 is 10.8 Å². The van der Waals surface area contributed by atoms with E-state index in [4.69, 9.17) is 10.8 Å². The monoisotopic (exact) mass is 217 g/mol. The molecular weight excluding hydrogens is 193 g/mol. The maximum Gasteiger partial charge on any atom is 0.135 e. The van der Waals surface area contributed by atoms with Gasteiger partial charge in [0.25, 0.3) is 0 Å². The molecule has 0 aromatic heterocycles. The average Bonchev–Trinajstić information content (AvgIpc) is 2.26. The van der Waals surface area contributed by atoms with E-state index in [-0.39, 0.29) is 6.61 Å². The molecule has 0 radical (unpaired) electrons. The first kappa shape index (κ1) is 14.6. The van der Waals surface area contributed by atoms with Crippen molar-refractivity contribution in [2.75, 3.05) is 6.61 Å². The molecule has 0 saturated heterocycles. The summed E-state index contributed by atoms with van der Waals surface area (Å²) >= 11 is 0. The van der Waals surface area contributed by atoms with Crippen molar-refractivity contribution in [1.29, 1.82) is 0 Å². The highest BCUT2D eigenvalue weighted by Crippen LogP contribution is 2.06. The third-order valence-corrected chi connectivity index (χ3v) is 2.41. The molecule has 2 nitrogen and oxygen atoms in total. The molecule has 0 fully saturated rings. The van der Waals surface area contributed by atoms with Crippen molar-refractivity contribution in [3.63, 3.8) is 0 Å². The number of hydrogen-bond donors (Lipinski definition) is 2.